The van der Waals surface area contributed by atoms with E-state index in [9.17, 15) is 4.39 Å². The number of nitrogens with one attached hydrogen (secondary N) is 1. The zero-order valence-corrected chi connectivity index (χ0v) is 11.8. The molecule has 2 unspecified atom stereocenters. The summed E-state index contributed by atoms with van der Waals surface area (Å²) >= 11 is 6.10. The minimum atomic E-state index is -0.203. The quantitative estimate of drug-likeness (QED) is 0.822. The molecule has 1 saturated carbocycles. The maximum Gasteiger partial charge on any atom is 0.123 e. The van der Waals surface area contributed by atoms with Crippen LogP contribution in [0.1, 0.15) is 32.3 Å². The van der Waals surface area contributed by atoms with Crippen LogP contribution in [0.2, 0.25) is 5.02 Å². The summed E-state index contributed by atoms with van der Waals surface area (Å²) in [6, 6.07) is 5.36. The van der Waals surface area contributed by atoms with Crippen molar-refractivity contribution in [2.75, 3.05) is 6.54 Å². The van der Waals surface area contributed by atoms with E-state index < -0.39 is 0 Å². The molecule has 1 aromatic carbocycles. The van der Waals surface area contributed by atoms with Crippen molar-refractivity contribution in [2.24, 2.45) is 11.8 Å². The SMILES string of the molecule is CC(CNC1CC1)C(C)Cc1cc(F)ccc1Cl. The standard InChI is InChI=1S/C15H21ClFN/c1-10(11(2)9-18-14-4-5-14)7-12-8-13(17)3-6-15(12)16/h3,6,8,10-11,14,18H,4-5,7,9H2,1-2H3. The Morgan fingerprint density at radius 2 is 2.06 bits per heavy atom. The van der Waals surface area contributed by atoms with E-state index in [-0.39, 0.29) is 5.82 Å². The van der Waals surface area contributed by atoms with Gasteiger partial charge < -0.3 is 5.32 Å². The molecule has 3 heteroatoms. The second kappa shape index (κ2) is 6.03. The minimum Gasteiger partial charge on any atom is -0.314 e. The molecule has 0 aliphatic heterocycles. The smallest absolute Gasteiger partial charge is 0.123 e. The van der Waals surface area contributed by atoms with E-state index in [1.165, 1.54) is 18.9 Å². The lowest BCUT2D eigenvalue weighted by Crippen LogP contribution is -2.27. The van der Waals surface area contributed by atoms with Crippen LogP contribution < -0.4 is 5.32 Å². The van der Waals surface area contributed by atoms with E-state index in [0.717, 1.165) is 24.6 Å². The highest BCUT2D eigenvalue weighted by molar-refractivity contribution is 6.31. The molecule has 2 atom stereocenters. The second-order valence-electron chi connectivity index (χ2n) is 5.58. The molecule has 1 fully saturated rings. The van der Waals surface area contributed by atoms with E-state index in [0.29, 0.717) is 16.9 Å². The Kier molecular flexibility index (Phi) is 4.63. The van der Waals surface area contributed by atoms with Crippen molar-refractivity contribution < 1.29 is 4.39 Å². The van der Waals surface area contributed by atoms with Crippen LogP contribution in [0.5, 0.6) is 0 Å². The molecule has 0 saturated heterocycles. The van der Waals surface area contributed by atoms with Crippen molar-refractivity contribution in [2.45, 2.75) is 39.2 Å². The molecule has 18 heavy (non-hydrogen) atoms. The Bertz CT molecular complexity index is 403. The summed E-state index contributed by atoms with van der Waals surface area (Å²) < 4.78 is 13.2. The molecule has 1 nitrogen and oxygen atoms in total. The first-order chi connectivity index (χ1) is 8.56. The van der Waals surface area contributed by atoms with Crippen molar-refractivity contribution in [3.63, 3.8) is 0 Å². The number of rotatable bonds is 6. The monoisotopic (exact) mass is 269 g/mol. The van der Waals surface area contributed by atoms with Gasteiger partial charge in [0.1, 0.15) is 5.82 Å². The normalized spacial score (nSPS) is 18.7. The van der Waals surface area contributed by atoms with Crippen LogP contribution in [0, 0.1) is 17.7 Å². The molecule has 0 bridgehead atoms. The summed E-state index contributed by atoms with van der Waals surface area (Å²) in [7, 11) is 0. The van der Waals surface area contributed by atoms with Crippen LogP contribution in [-0.2, 0) is 6.42 Å². The van der Waals surface area contributed by atoms with Gasteiger partial charge in [-0.25, -0.2) is 4.39 Å². The molecule has 1 aromatic rings. The summed E-state index contributed by atoms with van der Waals surface area (Å²) in [6.45, 7) is 5.49. The second-order valence-corrected chi connectivity index (χ2v) is 5.98. The fourth-order valence-electron chi connectivity index (χ4n) is 2.09. The molecule has 0 spiro atoms. The Labute approximate surface area is 114 Å². The molecule has 1 aliphatic rings. The highest BCUT2D eigenvalue weighted by Crippen LogP contribution is 2.25. The molecule has 0 amide bonds. The van der Waals surface area contributed by atoms with Crippen molar-refractivity contribution in [3.05, 3.63) is 34.6 Å². The van der Waals surface area contributed by atoms with Gasteiger partial charge in [-0.1, -0.05) is 25.4 Å². The van der Waals surface area contributed by atoms with Gasteiger partial charge in [0.05, 0.1) is 0 Å². The fraction of sp³-hybridized carbons (Fsp3) is 0.600. The maximum atomic E-state index is 13.2. The Balaban J connectivity index is 1.88. The predicted octanol–water partition coefficient (Wildman–Crippen LogP) is 4.05. The third kappa shape index (κ3) is 3.96. The van der Waals surface area contributed by atoms with Gasteiger partial charge in [-0.05, 0) is 61.4 Å². The van der Waals surface area contributed by atoms with Gasteiger partial charge in [0.2, 0.25) is 0 Å². The van der Waals surface area contributed by atoms with E-state index in [2.05, 4.69) is 19.2 Å². The van der Waals surface area contributed by atoms with Crippen LogP contribution in [0.3, 0.4) is 0 Å². The lowest BCUT2D eigenvalue weighted by molar-refractivity contribution is 0.364. The highest BCUT2D eigenvalue weighted by Gasteiger charge is 2.22. The minimum absolute atomic E-state index is 0.203. The van der Waals surface area contributed by atoms with E-state index in [1.807, 2.05) is 0 Å². The molecule has 2 rings (SSSR count). The van der Waals surface area contributed by atoms with Gasteiger partial charge in [0.25, 0.3) is 0 Å². The summed E-state index contributed by atoms with van der Waals surface area (Å²) in [4.78, 5) is 0. The molecular weight excluding hydrogens is 249 g/mol. The van der Waals surface area contributed by atoms with Crippen LogP contribution in [-0.4, -0.2) is 12.6 Å². The first kappa shape index (κ1) is 13.8. The summed E-state index contributed by atoms with van der Waals surface area (Å²) in [5.74, 6) is 0.867. The third-order valence-electron chi connectivity index (χ3n) is 3.83. The van der Waals surface area contributed by atoms with E-state index in [1.54, 1.807) is 12.1 Å². The van der Waals surface area contributed by atoms with Gasteiger partial charge in [0.15, 0.2) is 0 Å². The molecule has 100 valence electrons. The molecule has 1 aliphatic carbocycles. The van der Waals surface area contributed by atoms with Crippen molar-refractivity contribution >= 4 is 11.6 Å². The zero-order valence-electron chi connectivity index (χ0n) is 11.0. The Morgan fingerprint density at radius 1 is 1.33 bits per heavy atom. The van der Waals surface area contributed by atoms with Crippen molar-refractivity contribution in [1.29, 1.82) is 0 Å². The van der Waals surface area contributed by atoms with E-state index in [4.69, 9.17) is 11.6 Å². The van der Waals surface area contributed by atoms with Crippen molar-refractivity contribution in [3.8, 4) is 0 Å². The zero-order chi connectivity index (χ0) is 13.1. The number of halogens is 2. The van der Waals surface area contributed by atoms with Crippen molar-refractivity contribution in [1.82, 2.24) is 5.32 Å². The van der Waals surface area contributed by atoms with Gasteiger partial charge in [-0.2, -0.15) is 0 Å². The summed E-state index contributed by atoms with van der Waals surface area (Å²) in [5.41, 5.74) is 0.919. The molecule has 0 heterocycles. The van der Waals surface area contributed by atoms with Gasteiger partial charge in [0, 0.05) is 11.1 Å². The van der Waals surface area contributed by atoms with Crippen LogP contribution >= 0.6 is 11.6 Å². The third-order valence-corrected chi connectivity index (χ3v) is 4.20. The largest absolute Gasteiger partial charge is 0.314 e. The first-order valence-electron chi connectivity index (χ1n) is 6.73. The molecule has 0 radical (unpaired) electrons. The predicted molar refractivity (Wildman–Crippen MR) is 74.5 cm³/mol. The first-order valence-corrected chi connectivity index (χ1v) is 7.11. The highest BCUT2D eigenvalue weighted by atomic mass is 35.5. The Morgan fingerprint density at radius 3 is 2.72 bits per heavy atom. The van der Waals surface area contributed by atoms with Crippen LogP contribution in [0.4, 0.5) is 4.39 Å². The lowest BCUT2D eigenvalue weighted by atomic mass is 9.89. The molecular formula is C15H21ClFN. The number of hydrogen-bond acceptors (Lipinski definition) is 1. The average Bonchev–Trinajstić information content (AvgIpc) is 3.14. The molecule has 1 N–H and O–H groups in total. The fourth-order valence-corrected chi connectivity index (χ4v) is 2.28. The van der Waals surface area contributed by atoms with Crippen LogP contribution in [0.15, 0.2) is 18.2 Å². The topological polar surface area (TPSA) is 12.0 Å². The Hall–Kier alpha value is -0.600. The summed E-state index contributed by atoms with van der Waals surface area (Å²) in [6.07, 6.45) is 3.47. The van der Waals surface area contributed by atoms with Gasteiger partial charge in [-0.3, -0.25) is 0 Å². The van der Waals surface area contributed by atoms with Gasteiger partial charge >= 0.3 is 0 Å². The van der Waals surface area contributed by atoms with Gasteiger partial charge in [-0.15, -0.1) is 0 Å². The van der Waals surface area contributed by atoms with Crippen LogP contribution in [0.25, 0.3) is 0 Å². The lowest BCUT2D eigenvalue weighted by Gasteiger charge is -2.21. The number of benzene rings is 1. The molecule has 0 aromatic heterocycles. The number of hydrogen-bond donors (Lipinski definition) is 1. The van der Waals surface area contributed by atoms with E-state index >= 15 is 0 Å². The average molecular weight is 270 g/mol. The summed E-state index contributed by atoms with van der Waals surface area (Å²) in [5, 5.41) is 4.21. The maximum absolute atomic E-state index is 13.2.